The van der Waals surface area contributed by atoms with Crippen LogP contribution in [0.15, 0.2) is 28.8 Å². The molecule has 0 fully saturated rings. The second kappa shape index (κ2) is 4.30. The first-order valence-electron chi connectivity index (χ1n) is 4.92. The van der Waals surface area contributed by atoms with Crippen LogP contribution in [0.5, 0.6) is 0 Å². The van der Waals surface area contributed by atoms with Crippen molar-refractivity contribution in [2.45, 2.75) is 13.0 Å². The molecule has 17 heavy (non-hydrogen) atoms. The number of nitrogens with zero attached hydrogens (tertiary/aromatic N) is 3. The molecule has 0 amide bonds. The number of rotatable bonds is 3. The second-order valence-electron chi connectivity index (χ2n) is 3.55. The van der Waals surface area contributed by atoms with Gasteiger partial charge in [-0.3, -0.25) is 10.1 Å². The molecule has 88 valence electrons. The molecule has 0 aliphatic rings. The predicted molar refractivity (Wildman–Crippen MR) is 59.0 cm³/mol. The van der Waals surface area contributed by atoms with E-state index in [0.717, 1.165) is 0 Å². The van der Waals surface area contributed by atoms with Crippen LogP contribution in [0.1, 0.15) is 18.9 Å². The minimum Gasteiger partial charge on any atom is -0.337 e. The van der Waals surface area contributed by atoms with E-state index in [1.807, 2.05) is 0 Å². The van der Waals surface area contributed by atoms with Crippen LogP contribution >= 0.6 is 0 Å². The normalized spacial score (nSPS) is 12.4. The zero-order valence-corrected chi connectivity index (χ0v) is 9.03. The molecule has 2 aromatic rings. The maximum absolute atomic E-state index is 10.6. The highest BCUT2D eigenvalue weighted by atomic mass is 16.6. The smallest absolute Gasteiger partial charge is 0.270 e. The third kappa shape index (κ3) is 2.28. The standard InChI is InChI=1S/C10H10N4O3/c1-6(11)10-12-9(13-17-10)7-3-2-4-8(5-7)14(15)16/h2-6H,11H2,1H3. The van der Waals surface area contributed by atoms with Crippen molar-refractivity contribution < 1.29 is 9.45 Å². The Labute approximate surface area is 96.4 Å². The zero-order chi connectivity index (χ0) is 12.4. The zero-order valence-electron chi connectivity index (χ0n) is 9.03. The molecule has 0 aliphatic heterocycles. The van der Waals surface area contributed by atoms with E-state index in [1.165, 1.54) is 12.1 Å². The fourth-order valence-corrected chi connectivity index (χ4v) is 1.30. The molecule has 0 saturated carbocycles. The SMILES string of the molecule is CC(N)c1nc(-c2cccc([N+](=O)[O-])c2)no1. The van der Waals surface area contributed by atoms with E-state index < -0.39 is 4.92 Å². The molecule has 7 heteroatoms. The maximum atomic E-state index is 10.6. The summed E-state index contributed by atoms with van der Waals surface area (Å²) in [5, 5.41) is 14.3. The summed E-state index contributed by atoms with van der Waals surface area (Å²) in [5.41, 5.74) is 6.08. The van der Waals surface area contributed by atoms with E-state index >= 15 is 0 Å². The Kier molecular flexibility index (Phi) is 2.84. The van der Waals surface area contributed by atoms with E-state index in [4.69, 9.17) is 10.3 Å². The van der Waals surface area contributed by atoms with E-state index in [1.54, 1.807) is 19.1 Å². The molecular weight excluding hydrogens is 224 g/mol. The molecule has 0 bridgehead atoms. The van der Waals surface area contributed by atoms with Gasteiger partial charge < -0.3 is 10.3 Å². The van der Waals surface area contributed by atoms with Gasteiger partial charge in [-0.25, -0.2) is 0 Å². The molecule has 0 saturated heterocycles. The van der Waals surface area contributed by atoms with Crippen LogP contribution in [0.3, 0.4) is 0 Å². The topological polar surface area (TPSA) is 108 Å². The molecule has 1 aromatic heterocycles. The lowest BCUT2D eigenvalue weighted by molar-refractivity contribution is -0.384. The Morgan fingerprint density at radius 3 is 2.88 bits per heavy atom. The molecule has 1 atom stereocenters. The van der Waals surface area contributed by atoms with E-state index in [0.29, 0.717) is 17.3 Å². The van der Waals surface area contributed by atoms with Crippen LogP contribution in [0, 0.1) is 10.1 Å². The van der Waals surface area contributed by atoms with Gasteiger partial charge in [0.15, 0.2) is 0 Å². The summed E-state index contributed by atoms with van der Waals surface area (Å²) in [6.07, 6.45) is 0. The Morgan fingerprint density at radius 1 is 1.53 bits per heavy atom. The average Bonchev–Trinajstić information content (AvgIpc) is 2.78. The molecular formula is C10H10N4O3. The number of nitrogens with two attached hydrogens (primary N) is 1. The molecule has 0 radical (unpaired) electrons. The van der Waals surface area contributed by atoms with E-state index in [-0.39, 0.29) is 11.7 Å². The summed E-state index contributed by atoms with van der Waals surface area (Å²) < 4.78 is 4.92. The van der Waals surface area contributed by atoms with Crippen LogP contribution in [0.25, 0.3) is 11.4 Å². The lowest BCUT2D eigenvalue weighted by atomic mass is 10.2. The summed E-state index contributed by atoms with van der Waals surface area (Å²) in [4.78, 5) is 14.2. The summed E-state index contributed by atoms with van der Waals surface area (Å²) in [6.45, 7) is 1.71. The molecule has 2 N–H and O–H groups in total. The lowest BCUT2D eigenvalue weighted by Crippen LogP contribution is -2.04. The highest BCUT2D eigenvalue weighted by Crippen LogP contribution is 2.22. The summed E-state index contributed by atoms with van der Waals surface area (Å²) >= 11 is 0. The first kappa shape index (κ1) is 11.2. The first-order chi connectivity index (χ1) is 8.08. The Hall–Kier alpha value is -2.28. The number of non-ortho nitro benzene ring substituents is 1. The van der Waals surface area contributed by atoms with Crippen molar-refractivity contribution in [1.82, 2.24) is 10.1 Å². The van der Waals surface area contributed by atoms with Gasteiger partial charge >= 0.3 is 0 Å². The van der Waals surface area contributed by atoms with Crippen LogP contribution in [0.4, 0.5) is 5.69 Å². The molecule has 0 aliphatic carbocycles. The molecule has 1 aromatic carbocycles. The minimum absolute atomic E-state index is 0.0188. The quantitative estimate of drug-likeness (QED) is 0.639. The number of aromatic nitrogens is 2. The average molecular weight is 234 g/mol. The Morgan fingerprint density at radius 2 is 2.29 bits per heavy atom. The minimum atomic E-state index is -0.476. The second-order valence-corrected chi connectivity index (χ2v) is 3.55. The van der Waals surface area contributed by atoms with Crippen LogP contribution < -0.4 is 5.73 Å². The summed E-state index contributed by atoms with van der Waals surface area (Å²) in [5.74, 6) is 0.590. The van der Waals surface area contributed by atoms with Gasteiger partial charge in [-0.1, -0.05) is 17.3 Å². The van der Waals surface area contributed by atoms with Gasteiger partial charge in [0.25, 0.3) is 5.69 Å². The molecule has 2 rings (SSSR count). The van der Waals surface area contributed by atoms with E-state index in [2.05, 4.69) is 10.1 Å². The Bertz CT molecular complexity index is 550. The van der Waals surface area contributed by atoms with Gasteiger partial charge in [0, 0.05) is 17.7 Å². The van der Waals surface area contributed by atoms with Crippen molar-refractivity contribution in [3.05, 3.63) is 40.3 Å². The highest BCUT2D eigenvalue weighted by Gasteiger charge is 2.14. The number of nitro groups is 1. The fourth-order valence-electron chi connectivity index (χ4n) is 1.30. The van der Waals surface area contributed by atoms with Crippen LogP contribution in [-0.2, 0) is 0 Å². The third-order valence-corrected chi connectivity index (χ3v) is 2.15. The van der Waals surface area contributed by atoms with Crippen molar-refractivity contribution in [3.8, 4) is 11.4 Å². The fraction of sp³-hybridized carbons (Fsp3) is 0.200. The highest BCUT2D eigenvalue weighted by molar-refractivity contribution is 5.58. The van der Waals surface area contributed by atoms with Crippen molar-refractivity contribution in [2.24, 2.45) is 5.73 Å². The number of benzene rings is 1. The predicted octanol–water partition coefficient (Wildman–Crippen LogP) is 1.66. The number of hydrogen-bond donors (Lipinski definition) is 1. The summed E-state index contributed by atoms with van der Waals surface area (Å²) in [6, 6.07) is 5.65. The van der Waals surface area contributed by atoms with Gasteiger partial charge in [-0.05, 0) is 6.92 Å². The largest absolute Gasteiger partial charge is 0.337 e. The van der Waals surface area contributed by atoms with Crippen LogP contribution in [-0.4, -0.2) is 15.1 Å². The summed E-state index contributed by atoms with van der Waals surface area (Å²) in [7, 11) is 0. The number of hydrogen-bond acceptors (Lipinski definition) is 6. The van der Waals surface area contributed by atoms with Gasteiger partial charge in [0.05, 0.1) is 11.0 Å². The molecule has 1 heterocycles. The maximum Gasteiger partial charge on any atom is 0.270 e. The third-order valence-electron chi connectivity index (χ3n) is 2.15. The van der Waals surface area contributed by atoms with Crippen molar-refractivity contribution in [2.75, 3.05) is 0 Å². The van der Waals surface area contributed by atoms with E-state index in [9.17, 15) is 10.1 Å². The number of nitro benzene ring substituents is 1. The molecule has 0 spiro atoms. The lowest BCUT2D eigenvalue weighted by Gasteiger charge is -1.95. The Balaban J connectivity index is 2.38. The van der Waals surface area contributed by atoms with Gasteiger partial charge in [0.1, 0.15) is 0 Å². The monoisotopic (exact) mass is 234 g/mol. The molecule has 1 unspecified atom stereocenters. The van der Waals surface area contributed by atoms with Crippen molar-refractivity contribution >= 4 is 5.69 Å². The molecule has 7 nitrogen and oxygen atoms in total. The first-order valence-corrected chi connectivity index (χ1v) is 4.92. The van der Waals surface area contributed by atoms with Gasteiger partial charge in [-0.2, -0.15) is 4.98 Å². The van der Waals surface area contributed by atoms with Gasteiger partial charge in [-0.15, -0.1) is 0 Å². The van der Waals surface area contributed by atoms with Crippen LogP contribution in [0.2, 0.25) is 0 Å². The van der Waals surface area contributed by atoms with Crippen molar-refractivity contribution in [1.29, 1.82) is 0 Å². The van der Waals surface area contributed by atoms with Gasteiger partial charge in [0.2, 0.25) is 11.7 Å². The van der Waals surface area contributed by atoms with Crippen molar-refractivity contribution in [3.63, 3.8) is 0 Å².